The zero-order chi connectivity index (χ0) is 27.6. The summed E-state index contributed by atoms with van der Waals surface area (Å²) in [5, 5.41) is 8.67. The first kappa shape index (κ1) is 26.4. The Labute approximate surface area is 232 Å². The van der Waals surface area contributed by atoms with Gasteiger partial charge in [0.1, 0.15) is 6.54 Å². The van der Waals surface area contributed by atoms with Crippen molar-refractivity contribution < 1.29 is 13.2 Å². The van der Waals surface area contributed by atoms with E-state index in [-0.39, 0.29) is 4.90 Å². The van der Waals surface area contributed by atoms with Crippen molar-refractivity contribution >= 4 is 61.0 Å². The van der Waals surface area contributed by atoms with Crippen molar-refractivity contribution in [2.24, 2.45) is 5.10 Å². The minimum absolute atomic E-state index is 0.0750. The molecule has 0 spiro atoms. The summed E-state index contributed by atoms with van der Waals surface area (Å²) in [5.74, 6) is -0.592. The molecule has 0 atom stereocenters. The van der Waals surface area contributed by atoms with E-state index >= 15 is 0 Å². The lowest BCUT2D eigenvalue weighted by molar-refractivity contribution is -0.119. The molecular formula is C31H26ClN3O3S. The van der Waals surface area contributed by atoms with Gasteiger partial charge in [-0.25, -0.2) is 13.8 Å². The van der Waals surface area contributed by atoms with E-state index in [1.165, 1.54) is 12.1 Å². The number of carbonyl (C=O) groups is 1. The Hall–Kier alpha value is -4.20. The van der Waals surface area contributed by atoms with Crippen molar-refractivity contribution in [1.82, 2.24) is 5.43 Å². The van der Waals surface area contributed by atoms with Crippen LogP contribution >= 0.6 is 11.6 Å². The molecule has 1 amide bonds. The van der Waals surface area contributed by atoms with Gasteiger partial charge in [-0.2, -0.15) is 5.10 Å². The van der Waals surface area contributed by atoms with Crippen molar-refractivity contribution in [3.05, 3.63) is 119 Å². The fourth-order valence-corrected chi connectivity index (χ4v) is 6.15. The van der Waals surface area contributed by atoms with Crippen molar-refractivity contribution in [3.63, 3.8) is 0 Å². The normalized spacial score (nSPS) is 11.8. The van der Waals surface area contributed by atoms with Crippen LogP contribution in [-0.4, -0.2) is 27.1 Å². The number of halogens is 1. The number of fused-ring (bicyclic) bond motifs is 2. The summed E-state index contributed by atoms with van der Waals surface area (Å²) in [6, 6.07) is 29.4. The average molecular weight is 556 g/mol. The van der Waals surface area contributed by atoms with Gasteiger partial charge >= 0.3 is 0 Å². The molecule has 0 aliphatic rings. The molecule has 0 unspecified atom stereocenters. The van der Waals surface area contributed by atoms with E-state index in [0.717, 1.165) is 37.0 Å². The van der Waals surface area contributed by atoms with Crippen LogP contribution in [0, 0.1) is 13.8 Å². The molecule has 0 aliphatic heterocycles. The summed E-state index contributed by atoms with van der Waals surface area (Å²) in [5.41, 5.74) is 5.28. The number of sulfonamides is 1. The summed E-state index contributed by atoms with van der Waals surface area (Å²) in [7, 11) is -4.08. The summed E-state index contributed by atoms with van der Waals surface area (Å²) < 4.78 is 28.5. The van der Waals surface area contributed by atoms with Crippen LogP contribution in [0.15, 0.2) is 107 Å². The van der Waals surface area contributed by atoms with Crippen LogP contribution in [-0.2, 0) is 14.8 Å². The fourth-order valence-electron chi connectivity index (χ4n) is 4.51. The maximum absolute atomic E-state index is 13.7. The molecule has 5 rings (SSSR count). The number of rotatable bonds is 7. The Morgan fingerprint density at radius 2 is 1.49 bits per heavy atom. The molecule has 5 aromatic rings. The van der Waals surface area contributed by atoms with Gasteiger partial charge in [0.05, 0.1) is 16.8 Å². The van der Waals surface area contributed by atoms with E-state index in [9.17, 15) is 13.2 Å². The lowest BCUT2D eigenvalue weighted by Crippen LogP contribution is -2.40. The highest BCUT2D eigenvalue weighted by atomic mass is 35.5. The molecule has 0 radical (unpaired) electrons. The first-order valence-corrected chi connectivity index (χ1v) is 14.1. The number of nitrogens with zero attached hydrogens (tertiary/aromatic N) is 2. The van der Waals surface area contributed by atoms with Gasteiger partial charge < -0.3 is 0 Å². The fraction of sp³-hybridized carbons (Fsp3) is 0.0968. The second kappa shape index (κ2) is 10.9. The maximum Gasteiger partial charge on any atom is 0.264 e. The molecular weight excluding hydrogens is 530 g/mol. The number of amides is 1. The highest BCUT2D eigenvalue weighted by Gasteiger charge is 2.28. The van der Waals surface area contributed by atoms with Gasteiger partial charge in [0.15, 0.2) is 0 Å². The molecule has 0 aliphatic carbocycles. The lowest BCUT2D eigenvalue weighted by Gasteiger charge is -2.25. The molecule has 0 aromatic heterocycles. The Morgan fingerprint density at radius 3 is 2.13 bits per heavy atom. The van der Waals surface area contributed by atoms with E-state index in [4.69, 9.17) is 11.6 Å². The zero-order valence-electron chi connectivity index (χ0n) is 21.4. The Morgan fingerprint density at radius 1 is 0.872 bits per heavy atom. The molecule has 0 saturated heterocycles. The third-order valence-corrected chi connectivity index (χ3v) is 8.54. The summed E-state index contributed by atoms with van der Waals surface area (Å²) in [6.45, 7) is 3.16. The smallest absolute Gasteiger partial charge is 0.264 e. The van der Waals surface area contributed by atoms with Crippen LogP contribution < -0.4 is 9.73 Å². The molecule has 0 heterocycles. The average Bonchev–Trinajstić information content (AvgIpc) is 2.93. The van der Waals surface area contributed by atoms with Gasteiger partial charge in [-0.1, -0.05) is 83.9 Å². The number of carbonyl (C=O) groups excluding carboxylic acids is 1. The summed E-state index contributed by atoms with van der Waals surface area (Å²) >= 11 is 6.22. The van der Waals surface area contributed by atoms with Crippen molar-refractivity contribution in [3.8, 4) is 0 Å². The van der Waals surface area contributed by atoms with Crippen molar-refractivity contribution in [2.75, 3.05) is 10.8 Å². The number of hydrogen-bond acceptors (Lipinski definition) is 4. The largest absolute Gasteiger partial charge is 0.271 e. The predicted molar refractivity (Wildman–Crippen MR) is 159 cm³/mol. The van der Waals surface area contributed by atoms with Crippen LogP contribution in [0.25, 0.3) is 21.5 Å². The number of anilines is 1. The monoisotopic (exact) mass is 555 g/mol. The number of aryl methyl sites for hydroxylation is 2. The Bertz CT molecular complexity index is 1780. The molecule has 1 N–H and O–H groups in total. The minimum Gasteiger partial charge on any atom is -0.271 e. The first-order valence-electron chi connectivity index (χ1n) is 12.3. The lowest BCUT2D eigenvalue weighted by atomic mass is 9.97. The molecule has 6 nitrogen and oxygen atoms in total. The number of hydrazone groups is 1. The van der Waals surface area contributed by atoms with Crippen molar-refractivity contribution in [2.45, 2.75) is 18.7 Å². The van der Waals surface area contributed by atoms with Crippen LogP contribution in [0.3, 0.4) is 0 Å². The minimum atomic E-state index is -4.08. The van der Waals surface area contributed by atoms with E-state index in [1.807, 2.05) is 55.5 Å². The molecule has 196 valence electrons. The second-order valence-electron chi connectivity index (χ2n) is 9.28. The van der Waals surface area contributed by atoms with Crippen LogP contribution in [0.5, 0.6) is 0 Å². The summed E-state index contributed by atoms with van der Waals surface area (Å²) in [4.78, 5) is 13.2. The topological polar surface area (TPSA) is 78.8 Å². The van der Waals surface area contributed by atoms with Crippen LogP contribution in [0.2, 0.25) is 5.02 Å². The van der Waals surface area contributed by atoms with Crippen LogP contribution in [0.1, 0.15) is 16.7 Å². The van der Waals surface area contributed by atoms with Gasteiger partial charge in [-0.05, 0) is 71.3 Å². The quantitative estimate of drug-likeness (QED) is 0.139. The number of nitrogens with one attached hydrogen (secondary N) is 1. The highest BCUT2D eigenvalue weighted by molar-refractivity contribution is 7.92. The van der Waals surface area contributed by atoms with E-state index in [2.05, 4.69) is 16.6 Å². The molecule has 5 aromatic carbocycles. The van der Waals surface area contributed by atoms with Gasteiger partial charge in [-0.3, -0.25) is 9.10 Å². The van der Waals surface area contributed by atoms with E-state index in [0.29, 0.717) is 16.3 Å². The van der Waals surface area contributed by atoms with Gasteiger partial charge in [0.25, 0.3) is 15.9 Å². The van der Waals surface area contributed by atoms with Gasteiger partial charge in [-0.15, -0.1) is 0 Å². The van der Waals surface area contributed by atoms with Crippen LogP contribution in [0.4, 0.5) is 5.69 Å². The van der Waals surface area contributed by atoms with E-state index < -0.39 is 22.5 Å². The second-order valence-corrected chi connectivity index (χ2v) is 11.6. The van der Waals surface area contributed by atoms with Gasteiger partial charge in [0, 0.05) is 10.6 Å². The summed E-state index contributed by atoms with van der Waals surface area (Å²) in [6.07, 6.45) is 1.60. The van der Waals surface area contributed by atoms with Gasteiger partial charge in [0.2, 0.25) is 0 Å². The van der Waals surface area contributed by atoms with E-state index in [1.54, 1.807) is 43.5 Å². The van der Waals surface area contributed by atoms with Crippen molar-refractivity contribution in [1.29, 1.82) is 0 Å². The number of benzene rings is 5. The Kier molecular flexibility index (Phi) is 7.37. The third-order valence-electron chi connectivity index (χ3n) is 6.53. The zero-order valence-corrected chi connectivity index (χ0v) is 23.0. The first-order chi connectivity index (χ1) is 18.7. The number of hydrogen-bond donors (Lipinski definition) is 1. The maximum atomic E-state index is 13.7. The molecule has 8 heteroatoms. The standard InChI is InChI=1S/C31H26ClN3O3S/c1-21-11-15-26(16-12-21)39(37,38)35(30-18-25(32)14-13-22(30)2)20-31(36)34-33-19-29-27-9-5-3-7-23(27)17-24-8-4-6-10-28(24)29/h3-19H,20H2,1-2H3,(H,34,36)/b33-19+. The highest BCUT2D eigenvalue weighted by Crippen LogP contribution is 2.30. The third kappa shape index (κ3) is 5.50. The molecule has 0 saturated carbocycles. The molecule has 0 fully saturated rings. The molecule has 0 bridgehead atoms. The SMILES string of the molecule is Cc1ccc(S(=O)(=O)N(CC(=O)N/N=C/c2c3ccccc3cc3ccccc23)c2cc(Cl)ccc2C)cc1. The predicted octanol–water partition coefficient (Wildman–Crippen LogP) is 6.61. The Balaban J connectivity index is 1.47. The molecule has 39 heavy (non-hydrogen) atoms.